The second kappa shape index (κ2) is 7.28. The highest BCUT2D eigenvalue weighted by Gasteiger charge is 2.10. The van der Waals surface area contributed by atoms with Crippen molar-refractivity contribution in [2.24, 2.45) is 0 Å². The molecule has 7 nitrogen and oxygen atoms in total. The molecule has 1 rings (SSSR count). The highest BCUT2D eigenvalue weighted by molar-refractivity contribution is 7.88. The molecule has 118 valence electrons. The van der Waals surface area contributed by atoms with Crippen molar-refractivity contribution < 1.29 is 13.2 Å². The number of carbonyl (C=O) groups is 1. The van der Waals surface area contributed by atoms with E-state index >= 15 is 0 Å². The molecule has 0 aliphatic heterocycles. The molecule has 0 aromatic heterocycles. The quantitative estimate of drug-likeness (QED) is 0.812. The zero-order valence-corrected chi connectivity index (χ0v) is 13.6. The Labute approximate surface area is 126 Å². The summed E-state index contributed by atoms with van der Waals surface area (Å²) in [7, 11) is 2.08. The fourth-order valence-corrected chi connectivity index (χ4v) is 1.95. The van der Waals surface area contributed by atoms with E-state index < -0.39 is 10.0 Å². The fourth-order valence-electron chi connectivity index (χ4n) is 1.53. The zero-order chi connectivity index (χ0) is 16.0. The molecule has 0 saturated carbocycles. The maximum atomic E-state index is 11.7. The molecule has 0 radical (unpaired) electrons. The lowest BCUT2D eigenvalue weighted by atomic mass is 10.2. The summed E-state index contributed by atoms with van der Waals surface area (Å²) in [5.74, 6) is 0. The predicted octanol–water partition coefficient (Wildman–Crippen LogP) is 0.765. The van der Waals surface area contributed by atoms with Crippen LogP contribution in [-0.2, 0) is 10.0 Å². The van der Waals surface area contributed by atoms with Crippen molar-refractivity contribution in [3.8, 4) is 0 Å². The summed E-state index contributed by atoms with van der Waals surface area (Å²) in [6, 6.07) is 7.05. The lowest BCUT2D eigenvalue weighted by Gasteiger charge is -2.16. The predicted molar refractivity (Wildman–Crippen MR) is 85.3 cm³/mol. The molecule has 21 heavy (non-hydrogen) atoms. The zero-order valence-electron chi connectivity index (χ0n) is 12.8. The number of carbonyl (C=O) groups excluding carboxylic acids is 1. The van der Waals surface area contributed by atoms with Gasteiger partial charge in [0.05, 0.1) is 6.26 Å². The van der Waals surface area contributed by atoms with Crippen molar-refractivity contribution in [3.63, 3.8) is 0 Å². The third kappa shape index (κ3) is 6.01. The third-order valence-electron chi connectivity index (χ3n) is 2.90. The molecule has 2 N–H and O–H groups in total. The van der Waals surface area contributed by atoms with E-state index in [1.165, 1.54) is 11.4 Å². The molecule has 0 heterocycles. The van der Waals surface area contributed by atoms with Gasteiger partial charge in [-0.25, -0.2) is 17.5 Å². The maximum Gasteiger partial charge on any atom is 0.319 e. The highest BCUT2D eigenvalue weighted by Crippen LogP contribution is 2.16. The number of anilines is 2. The third-order valence-corrected chi connectivity index (χ3v) is 4.21. The van der Waals surface area contributed by atoms with Gasteiger partial charge in [-0.15, -0.1) is 0 Å². The summed E-state index contributed by atoms with van der Waals surface area (Å²) in [6.07, 6.45) is 1.12. The van der Waals surface area contributed by atoms with E-state index in [4.69, 9.17) is 0 Å². The average Bonchev–Trinajstić information content (AvgIpc) is 2.37. The first kappa shape index (κ1) is 17.3. The van der Waals surface area contributed by atoms with E-state index in [1.807, 2.05) is 37.2 Å². The van der Waals surface area contributed by atoms with Crippen LogP contribution in [0.4, 0.5) is 16.2 Å². The Morgan fingerprint density at radius 1 is 1.24 bits per heavy atom. The van der Waals surface area contributed by atoms with E-state index in [0.29, 0.717) is 5.69 Å². The Bertz CT molecular complexity index is 587. The van der Waals surface area contributed by atoms with Crippen LogP contribution in [-0.4, -0.2) is 59.2 Å². The Kier molecular flexibility index (Phi) is 5.98. The van der Waals surface area contributed by atoms with Crippen LogP contribution >= 0.6 is 0 Å². The second-order valence-corrected chi connectivity index (χ2v) is 7.00. The number of benzene rings is 1. The van der Waals surface area contributed by atoms with Gasteiger partial charge in [-0.05, 0) is 18.2 Å². The summed E-state index contributed by atoms with van der Waals surface area (Å²) >= 11 is 0. The molecule has 0 spiro atoms. The number of rotatable bonds is 6. The summed E-state index contributed by atoms with van der Waals surface area (Å²) in [6.45, 7) is 0.465. The summed E-state index contributed by atoms with van der Waals surface area (Å²) in [4.78, 5) is 13.7. The number of amides is 2. The number of nitrogens with one attached hydrogen (secondary N) is 2. The van der Waals surface area contributed by atoms with E-state index in [1.54, 1.807) is 6.07 Å². The van der Waals surface area contributed by atoms with Gasteiger partial charge in [0.2, 0.25) is 10.0 Å². The van der Waals surface area contributed by atoms with Gasteiger partial charge in [-0.3, -0.25) is 0 Å². The normalized spacial score (nSPS) is 11.3. The Balaban J connectivity index is 2.46. The van der Waals surface area contributed by atoms with Crippen LogP contribution < -0.4 is 15.5 Å². The molecule has 0 unspecified atom stereocenters. The highest BCUT2D eigenvalue weighted by atomic mass is 32.2. The molecule has 1 aromatic rings. The lowest BCUT2D eigenvalue weighted by molar-refractivity contribution is 0.251. The molecule has 1 aromatic carbocycles. The van der Waals surface area contributed by atoms with Gasteiger partial charge < -0.3 is 15.5 Å². The number of likely N-dealkylation sites (N-methyl/N-ethyl adjacent to an activating group) is 1. The molecule has 0 fully saturated rings. The molecular formula is C13H22N4O3S. The van der Waals surface area contributed by atoms with Crippen molar-refractivity contribution >= 4 is 27.4 Å². The van der Waals surface area contributed by atoms with Crippen LogP contribution in [0.3, 0.4) is 0 Å². The molecule has 2 amide bonds. The Morgan fingerprint density at radius 3 is 2.48 bits per heavy atom. The van der Waals surface area contributed by atoms with E-state index in [-0.39, 0.29) is 19.1 Å². The number of hydrogen-bond donors (Lipinski definition) is 2. The van der Waals surface area contributed by atoms with Crippen LogP contribution in [0.1, 0.15) is 0 Å². The van der Waals surface area contributed by atoms with Crippen LogP contribution in [0.5, 0.6) is 0 Å². The van der Waals surface area contributed by atoms with Crippen molar-refractivity contribution in [2.45, 2.75) is 0 Å². The number of sulfonamides is 1. The van der Waals surface area contributed by atoms with Crippen molar-refractivity contribution in [1.82, 2.24) is 9.62 Å². The molecule has 0 atom stereocenters. The van der Waals surface area contributed by atoms with E-state index in [9.17, 15) is 13.2 Å². The van der Waals surface area contributed by atoms with Gasteiger partial charge in [0.15, 0.2) is 0 Å². The first-order chi connectivity index (χ1) is 9.70. The van der Waals surface area contributed by atoms with Gasteiger partial charge >= 0.3 is 6.03 Å². The fraction of sp³-hybridized carbons (Fsp3) is 0.462. The summed E-state index contributed by atoms with van der Waals surface area (Å²) in [5, 5.41) is 5.32. The minimum atomic E-state index is -3.22. The first-order valence-electron chi connectivity index (χ1n) is 6.43. The van der Waals surface area contributed by atoms with Gasteiger partial charge in [-0.2, -0.15) is 0 Å². The van der Waals surface area contributed by atoms with Crippen LogP contribution in [0.15, 0.2) is 24.3 Å². The summed E-state index contributed by atoms with van der Waals surface area (Å²) in [5.41, 5.74) is 1.65. The minimum absolute atomic E-state index is 0.226. The molecule has 0 aliphatic carbocycles. The van der Waals surface area contributed by atoms with Crippen LogP contribution in [0, 0.1) is 0 Å². The number of hydrogen-bond acceptors (Lipinski definition) is 4. The molecule has 8 heteroatoms. The van der Waals surface area contributed by atoms with Crippen molar-refractivity contribution in [3.05, 3.63) is 24.3 Å². The van der Waals surface area contributed by atoms with Crippen LogP contribution in [0.25, 0.3) is 0 Å². The van der Waals surface area contributed by atoms with Crippen LogP contribution in [0.2, 0.25) is 0 Å². The topological polar surface area (TPSA) is 81.8 Å². The van der Waals surface area contributed by atoms with Crippen molar-refractivity contribution in [2.75, 3.05) is 50.7 Å². The SMILES string of the molecule is CN(C)c1cccc(NC(=O)NCCN(C)S(C)(=O)=O)c1. The monoisotopic (exact) mass is 314 g/mol. The second-order valence-electron chi connectivity index (χ2n) is 4.91. The smallest absolute Gasteiger partial charge is 0.319 e. The number of urea groups is 1. The Hall–Kier alpha value is -1.80. The maximum absolute atomic E-state index is 11.7. The average molecular weight is 314 g/mol. The van der Waals surface area contributed by atoms with Gasteiger partial charge in [0.1, 0.15) is 0 Å². The van der Waals surface area contributed by atoms with Gasteiger partial charge in [0.25, 0.3) is 0 Å². The molecular weight excluding hydrogens is 292 g/mol. The molecule has 0 saturated heterocycles. The molecule has 0 bridgehead atoms. The number of nitrogens with zero attached hydrogens (tertiary/aromatic N) is 2. The van der Waals surface area contributed by atoms with E-state index in [0.717, 1.165) is 11.9 Å². The molecule has 0 aliphatic rings. The largest absolute Gasteiger partial charge is 0.378 e. The van der Waals surface area contributed by atoms with Gasteiger partial charge in [-0.1, -0.05) is 6.07 Å². The minimum Gasteiger partial charge on any atom is -0.378 e. The lowest BCUT2D eigenvalue weighted by Crippen LogP contribution is -2.37. The first-order valence-corrected chi connectivity index (χ1v) is 8.28. The van der Waals surface area contributed by atoms with E-state index in [2.05, 4.69) is 10.6 Å². The standard InChI is InChI=1S/C13H22N4O3S/c1-16(2)12-7-5-6-11(10-12)15-13(18)14-8-9-17(3)21(4,19)20/h5-7,10H,8-9H2,1-4H3,(H2,14,15,18). The van der Waals surface area contributed by atoms with Crippen molar-refractivity contribution in [1.29, 1.82) is 0 Å². The Morgan fingerprint density at radius 2 is 1.90 bits per heavy atom. The van der Waals surface area contributed by atoms with Gasteiger partial charge in [0, 0.05) is 45.6 Å². The summed E-state index contributed by atoms with van der Waals surface area (Å²) < 4.78 is 23.6.